The molecule has 0 fully saturated rings. The molecule has 3 rings (SSSR count). The van der Waals surface area contributed by atoms with Crippen molar-refractivity contribution in [3.63, 3.8) is 0 Å². The molecule has 0 saturated heterocycles. The van der Waals surface area contributed by atoms with E-state index in [1.54, 1.807) is 63.8 Å². The summed E-state index contributed by atoms with van der Waals surface area (Å²) < 4.78 is 21.9. The number of methoxy groups -OCH3 is 3. The lowest BCUT2D eigenvalue weighted by Crippen LogP contribution is -1.93. The molecule has 0 unspecified atom stereocenters. The van der Waals surface area contributed by atoms with Crippen molar-refractivity contribution in [2.75, 3.05) is 21.3 Å². The molecule has 3 aromatic rings. The van der Waals surface area contributed by atoms with E-state index in [1.807, 2.05) is 0 Å². The van der Waals surface area contributed by atoms with Crippen molar-refractivity contribution < 1.29 is 24.1 Å². The Kier molecular flexibility index (Phi) is 4.76. The maximum absolute atomic E-state index is 10.4. The van der Waals surface area contributed by atoms with Crippen molar-refractivity contribution in [1.29, 1.82) is 0 Å². The first-order chi connectivity index (χ1) is 12.1. The number of aromatic hydroxyl groups is 1. The van der Waals surface area contributed by atoms with Gasteiger partial charge >= 0.3 is 0 Å². The summed E-state index contributed by atoms with van der Waals surface area (Å²) in [6.07, 6.45) is 0. The fourth-order valence-electron chi connectivity index (χ4n) is 2.62. The predicted octanol–water partition coefficient (Wildman–Crippen LogP) is 5.02. The van der Waals surface area contributed by atoms with Gasteiger partial charge in [0.2, 0.25) is 0 Å². The molecule has 6 heteroatoms. The Morgan fingerprint density at radius 3 is 1.92 bits per heavy atom. The molecule has 0 saturated carbocycles. The van der Waals surface area contributed by atoms with E-state index in [2.05, 4.69) is 0 Å². The van der Waals surface area contributed by atoms with Crippen LogP contribution in [0.5, 0.6) is 34.5 Å². The second kappa shape index (κ2) is 6.99. The van der Waals surface area contributed by atoms with Gasteiger partial charge in [0.05, 0.1) is 37.1 Å². The number of halogens is 1. The number of hydrogen-bond acceptors (Lipinski definition) is 5. The van der Waals surface area contributed by atoms with E-state index in [4.69, 9.17) is 30.5 Å². The van der Waals surface area contributed by atoms with E-state index >= 15 is 0 Å². The van der Waals surface area contributed by atoms with Gasteiger partial charge in [-0.1, -0.05) is 11.6 Å². The summed E-state index contributed by atoms with van der Waals surface area (Å²) in [6.45, 7) is 0. The minimum absolute atomic E-state index is 0.0503. The van der Waals surface area contributed by atoms with Gasteiger partial charge in [0.25, 0.3) is 0 Å². The number of phenols is 1. The average Bonchev–Trinajstić information content (AvgIpc) is 2.63. The molecule has 0 aliphatic rings. The smallest absolute Gasteiger partial charge is 0.146 e. The molecule has 0 atom stereocenters. The first kappa shape index (κ1) is 17.0. The first-order valence-electron chi connectivity index (χ1n) is 7.47. The molecule has 0 aliphatic carbocycles. The van der Waals surface area contributed by atoms with E-state index < -0.39 is 0 Å². The summed E-state index contributed by atoms with van der Waals surface area (Å²) in [4.78, 5) is 0. The van der Waals surface area contributed by atoms with Crippen molar-refractivity contribution in [2.24, 2.45) is 0 Å². The molecule has 5 nitrogen and oxygen atoms in total. The quantitative estimate of drug-likeness (QED) is 0.692. The number of benzene rings is 3. The summed E-state index contributed by atoms with van der Waals surface area (Å²) >= 11 is 6.25. The molecular weight excluding hydrogens is 344 g/mol. The zero-order valence-electron chi connectivity index (χ0n) is 14.0. The van der Waals surface area contributed by atoms with E-state index in [1.165, 1.54) is 0 Å². The van der Waals surface area contributed by atoms with Crippen molar-refractivity contribution in [3.8, 4) is 34.5 Å². The van der Waals surface area contributed by atoms with Crippen molar-refractivity contribution in [1.82, 2.24) is 0 Å². The Morgan fingerprint density at radius 2 is 1.32 bits per heavy atom. The minimum Gasteiger partial charge on any atom is -0.507 e. The SMILES string of the molecule is COc1ccc(Oc2ccc(OC)c3c(OC)ccc(O)c23)c(Cl)c1. The van der Waals surface area contributed by atoms with Gasteiger partial charge in [-0.2, -0.15) is 0 Å². The average molecular weight is 361 g/mol. The van der Waals surface area contributed by atoms with Gasteiger partial charge in [0.1, 0.15) is 34.5 Å². The van der Waals surface area contributed by atoms with Crippen LogP contribution in [0.4, 0.5) is 0 Å². The lowest BCUT2D eigenvalue weighted by atomic mass is 10.1. The lowest BCUT2D eigenvalue weighted by molar-refractivity contribution is 0.402. The van der Waals surface area contributed by atoms with Gasteiger partial charge < -0.3 is 24.1 Å². The van der Waals surface area contributed by atoms with Crippen LogP contribution in [0.25, 0.3) is 10.8 Å². The molecule has 0 heterocycles. The largest absolute Gasteiger partial charge is 0.507 e. The Bertz CT molecular complexity index is 913. The molecule has 0 radical (unpaired) electrons. The second-order valence-electron chi connectivity index (χ2n) is 5.20. The third-order valence-corrected chi connectivity index (χ3v) is 4.12. The number of rotatable bonds is 5. The Labute approximate surface area is 150 Å². The molecule has 0 bridgehead atoms. The molecular formula is C19H17ClO5. The summed E-state index contributed by atoms with van der Waals surface area (Å²) in [5.41, 5.74) is 0. The van der Waals surface area contributed by atoms with Crippen LogP contribution < -0.4 is 18.9 Å². The van der Waals surface area contributed by atoms with Crippen molar-refractivity contribution in [2.45, 2.75) is 0 Å². The van der Waals surface area contributed by atoms with E-state index in [0.29, 0.717) is 44.5 Å². The van der Waals surface area contributed by atoms with Crippen LogP contribution in [0.15, 0.2) is 42.5 Å². The molecule has 25 heavy (non-hydrogen) atoms. The highest BCUT2D eigenvalue weighted by Gasteiger charge is 2.17. The highest BCUT2D eigenvalue weighted by molar-refractivity contribution is 6.32. The van der Waals surface area contributed by atoms with Gasteiger partial charge in [0, 0.05) is 6.07 Å². The molecule has 3 aromatic carbocycles. The van der Waals surface area contributed by atoms with Gasteiger partial charge in [-0.15, -0.1) is 0 Å². The topological polar surface area (TPSA) is 57.2 Å². The number of phenolic OH excluding ortho intramolecular Hbond substituents is 1. The van der Waals surface area contributed by atoms with E-state index in [-0.39, 0.29) is 5.75 Å². The van der Waals surface area contributed by atoms with Gasteiger partial charge in [-0.05, 0) is 36.4 Å². The monoisotopic (exact) mass is 360 g/mol. The second-order valence-corrected chi connectivity index (χ2v) is 5.61. The maximum Gasteiger partial charge on any atom is 0.146 e. The van der Waals surface area contributed by atoms with Crippen LogP contribution in [0.1, 0.15) is 0 Å². The van der Waals surface area contributed by atoms with Crippen molar-refractivity contribution >= 4 is 22.4 Å². The van der Waals surface area contributed by atoms with Crippen LogP contribution >= 0.6 is 11.6 Å². The molecule has 0 aliphatic heterocycles. The Hall–Kier alpha value is -2.79. The predicted molar refractivity (Wildman–Crippen MR) is 96.8 cm³/mol. The zero-order valence-corrected chi connectivity index (χ0v) is 14.8. The van der Waals surface area contributed by atoms with Crippen LogP contribution in [0, 0.1) is 0 Å². The lowest BCUT2D eigenvalue weighted by Gasteiger charge is -2.16. The third-order valence-electron chi connectivity index (χ3n) is 3.82. The van der Waals surface area contributed by atoms with Gasteiger partial charge in [-0.25, -0.2) is 0 Å². The highest BCUT2D eigenvalue weighted by atomic mass is 35.5. The summed E-state index contributed by atoms with van der Waals surface area (Å²) in [5, 5.41) is 11.9. The first-order valence-corrected chi connectivity index (χ1v) is 7.85. The molecule has 1 N–H and O–H groups in total. The fourth-order valence-corrected chi connectivity index (χ4v) is 2.83. The molecule has 0 amide bonds. The number of ether oxygens (including phenoxy) is 4. The maximum atomic E-state index is 10.4. The minimum atomic E-state index is 0.0503. The van der Waals surface area contributed by atoms with E-state index in [0.717, 1.165) is 0 Å². The van der Waals surface area contributed by atoms with Crippen molar-refractivity contribution in [3.05, 3.63) is 47.5 Å². The Morgan fingerprint density at radius 1 is 0.720 bits per heavy atom. The zero-order chi connectivity index (χ0) is 18.0. The normalized spacial score (nSPS) is 10.6. The standard InChI is InChI=1S/C19H17ClO5/c1-22-11-4-6-14(12(20)10-11)25-17-9-8-16(24-3)19-15(23-2)7-5-13(21)18(17)19/h4-10,21H,1-3H3. The third kappa shape index (κ3) is 3.10. The van der Waals surface area contributed by atoms with Gasteiger partial charge in [-0.3, -0.25) is 0 Å². The summed E-state index contributed by atoms with van der Waals surface area (Å²) in [5.74, 6) is 2.68. The fraction of sp³-hybridized carbons (Fsp3) is 0.158. The number of fused-ring (bicyclic) bond motifs is 1. The summed E-state index contributed by atoms with van der Waals surface area (Å²) in [6, 6.07) is 11.8. The van der Waals surface area contributed by atoms with Crippen LogP contribution in [0.2, 0.25) is 5.02 Å². The van der Waals surface area contributed by atoms with Crippen LogP contribution in [0.3, 0.4) is 0 Å². The molecule has 0 spiro atoms. The number of hydrogen-bond donors (Lipinski definition) is 1. The highest BCUT2D eigenvalue weighted by Crippen LogP contribution is 2.45. The summed E-state index contributed by atoms with van der Waals surface area (Å²) in [7, 11) is 4.67. The molecule has 130 valence electrons. The van der Waals surface area contributed by atoms with E-state index in [9.17, 15) is 5.11 Å². The Balaban J connectivity index is 2.17. The molecule has 0 aromatic heterocycles. The van der Waals surface area contributed by atoms with Crippen LogP contribution in [-0.2, 0) is 0 Å². The van der Waals surface area contributed by atoms with Crippen LogP contribution in [-0.4, -0.2) is 26.4 Å². The van der Waals surface area contributed by atoms with Gasteiger partial charge in [0.15, 0.2) is 0 Å².